The van der Waals surface area contributed by atoms with Gasteiger partial charge in [0.25, 0.3) is 5.91 Å². The van der Waals surface area contributed by atoms with Crippen LogP contribution in [0, 0.1) is 13.8 Å². The van der Waals surface area contributed by atoms with Crippen molar-refractivity contribution in [3.63, 3.8) is 0 Å². The highest BCUT2D eigenvalue weighted by molar-refractivity contribution is 5.97. The number of carbonyl (C=O) groups excluding carboxylic acids is 3. The van der Waals surface area contributed by atoms with Crippen molar-refractivity contribution in [3.05, 3.63) is 53.0 Å². The smallest absolute Gasteiger partial charge is 0.257 e. The van der Waals surface area contributed by atoms with Crippen LogP contribution in [0.5, 0.6) is 5.75 Å². The third kappa shape index (κ3) is 6.63. The lowest BCUT2D eigenvalue weighted by molar-refractivity contribution is -0.138. The Bertz CT molecular complexity index is 1030. The van der Waals surface area contributed by atoms with Gasteiger partial charge in [0.1, 0.15) is 30.4 Å². The fourth-order valence-electron chi connectivity index (χ4n) is 4.21. The van der Waals surface area contributed by atoms with Crippen molar-refractivity contribution in [2.75, 3.05) is 46.4 Å². The van der Waals surface area contributed by atoms with Crippen LogP contribution in [0.2, 0.25) is 0 Å². The van der Waals surface area contributed by atoms with Gasteiger partial charge < -0.3 is 28.6 Å². The van der Waals surface area contributed by atoms with Gasteiger partial charge in [0.15, 0.2) is 0 Å². The molecule has 1 aromatic heterocycles. The van der Waals surface area contributed by atoms with Crippen molar-refractivity contribution in [3.8, 4) is 5.75 Å². The summed E-state index contributed by atoms with van der Waals surface area (Å²) >= 11 is 0. The lowest BCUT2D eigenvalue weighted by Gasteiger charge is -2.26. The highest BCUT2D eigenvalue weighted by Gasteiger charge is 2.33. The summed E-state index contributed by atoms with van der Waals surface area (Å²) in [4.78, 5) is 43.9. The lowest BCUT2D eigenvalue weighted by atomic mass is 10.2. The summed E-state index contributed by atoms with van der Waals surface area (Å²) < 4.78 is 16.7. The number of hydrogen-bond donors (Lipinski definition) is 0. The van der Waals surface area contributed by atoms with Crippen LogP contribution in [0.15, 0.2) is 34.7 Å². The first-order chi connectivity index (χ1) is 16.7. The van der Waals surface area contributed by atoms with E-state index in [1.54, 1.807) is 36.8 Å². The Balaban J connectivity index is 1.80. The summed E-state index contributed by atoms with van der Waals surface area (Å²) in [7, 11) is 1.60. The van der Waals surface area contributed by atoms with Crippen LogP contribution in [0.25, 0.3) is 0 Å². The number of ether oxygens (including phenoxy) is 2. The molecule has 1 saturated heterocycles. The van der Waals surface area contributed by atoms with E-state index in [1.807, 2.05) is 38.1 Å². The van der Waals surface area contributed by atoms with Crippen molar-refractivity contribution in [2.45, 2.75) is 40.3 Å². The number of methoxy groups -OCH3 is 1. The molecule has 1 aliphatic heterocycles. The van der Waals surface area contributed by atoms with Crippen molar-refractivity contribution >= 4 is 17.7 Å². The van der Waals surface area contributed by atoms with Crippen LogP contribution >= 0.6 is 0 Å². The first-order valence-corrected chi connectivity index (χ1v) is 11.9. The maximum atomic E-state index is 13.3. The number of furan rings is 1. The SMILES string of the molecule is CCN(CC)C(=O)COC1CN(Cc2ccc(OC)cc2)C(=O)CN(C(=O)c2cc(C)oc2C)C1. The molecule has 1 atom stereocenters. The molecule has 3 rings (SSSR count). The second-order valence-corrected chi connectivity index (χ2v) is 8.63. The molecular formula is C26H35N3O6. The molecule has 35 heavy (non-hydrogen) atoms. The zero-order valence-electron chi connectivity index (χ0n) is 21.2. The Hall–Kier alpha value is -3.33. The van der Waals surface area contributed by atoms with Gasteiger partial charge in [-0.2, -0.15) is 0 Å². The molecule has 0 N–H and O–H groups in total. The maximum Gasteiger partial charge on any atom is 0.257 e. The van der Waals surface area contributed by atoms with E-state index in [1.165, 1.54) is 4.90 Å². The number of benzene rings is 1. The molecule has 1 fully saturated rings. The predicted molar refractivity (Wildman–Crippen MR) is 130 cm³/mol. The van der Waals surface area contributed by atoms with Crippen LogP contribution in [0.1, 0.15) is 41.3 Å². The van der Waals surface area contributed by atoms with Gasteiger partial charge in [0.2, 0.25) is 11.8 Å². The Morgan fingerprint density at radius 3 is 2.37 bits per heavy atom. The quantitative estimate of drug-likeness (QED) is 0.542. The van der Waals surface area contributed by atoms with Gasteiger partial charge in [-0.3, -0.25) is 14.4 Å². The predicted octanol–water partition coefficient (Wildman–Crippen LogP) is 2.64. The molecule has 2 heterocycles. The lowest BCUT2D eigenvalue weighted by Crippen LogP contribution is -2.41. The number of carbonyl (C=O) groups is 3. The van der Waals surface area contributed by atoms with Crippen LogP contribution in [-0.4, -0.2) is 85.0 Å². The fraction of sp³-hybridized carbons (Fsp3) is 0.500. The van der Waals surface area contributed by atoms with Gasteiger partial charge in [0, 0.05) is 32.7 Å². The van der Waals surface area contributed by atoms with Gasteiger partial charge in [-0.15, -0.1) is 0 Å². The first kappa shape index (κ1) is 26.3. The largest absolute Gasteiger partial charge is 0.497 e. The maximum absolute atomic E-state index is 13.3. The van der Waals surface area contributed by atoms with Crippen molar-refractivity contribution in [2.24, 2.45) is 0 Å². The summed E-state index contributed by atoms with van der Waals surface area (Å²) in [6, 6.07) is 9.17. The van der Waals surface area contributed by atoms with Crippen LogP contribution in [0.3, 0.4) is 0 Å². The van der Waals surface area contributed by atoms with Gasteiger partial charge >= 0.3 is 0 Å². The van der Waals surface area contributed by atoms with E-state index in [4.69, 9.17) is 13.9 Å². The van der Waals surface area contributed by atoms with E-state index in [2.05, 4.69) is 0 Å². The summed E-state index contributed by atoms with van der Waals surface area (Å²) in [5.74, 6) is 1.27. The molecule has 1 aromatic carbocycles. The minimum absolute atomic E-state index is 0.0808. The van der Waals surface area contributed by atoms with Crippen LogP contribution in [-0.2, 0) is 20.9 Å². The molecular weight excluding hydrogens is 450 g/mol. The van der Waals surface area contributed by atoms with Gasteiger partial charge in [-0.25, -0.2) is 0 Å². The van der Waals surface area contributed by atoms with Crippen LogP contribution < -0.4 is 4.74 Å². The highest BCUT2D eigenvalue weighted by Crippen LogP contribution is 2.20. The van der Waals surface area contributed by atoms with Gasteiger partial charge in [-0.05, 0) is 51.5 Å². The average Bonchev–Trinajstić information content (AvgIpc) is 3.10. The highest BCUT2D eigenvalue weighted by atomic mass is 16.5. The zero-order chi connectivity index (χ0) is 25.5. The molecule has 190 valence electrons. The van der Waals surface area contributed by atoms with E-state index in [0.29, 0.717) is 36.7 Å². The topological polar surface area (TPSA) is 92.5 Å². The minimum atomic E-state index is -0.517. The zero-order valence-corrected chi connectivity index (χ0v) is 21.2. The molecule has 0 saturated carbocycles. The standard InChI is InChI=1S/C26H35N3O6/c1-6-27(7-2)25(31)17-34-22-14-28(13-20-8-10-21(33-5)11-9-20)24(30)16-29(15-22)26(32)23-12-18(3)35-19(23)4/h8-12,22H,6-7,13-17H2,1-5H3. The average molecular weight is 486 g/mol. The van der Waals surface area contributed by atoms with E-state index >= 15 is 0 Å². The van der Waals surface area contributed by atoms with Crippen molar-refractivity contribution in [1.82, 2.24) is 14.7 Å². The molecule has 0 aliphatic carbocycles. The molecule has 0 bridgehead atoms. The second kappa shape index (κ2) is 11.9. The first-order valence-electron chi connectivity index (χ1n) is 11.9. The summed E-state index contributed by atoms with van der Waals surface area (Å²) in [6.07, 6.45) is -0.517. The van der Waals surface area contributed by atoms with E-state index < -0.39 is 6.10 Å². The van der Waals surface area contributed by atoms with Gasteiger partial charge in [-0.1, -0.05) is 12.1 Å². The van der Waals surface area contributed by atoms with Crippen molar-refractivity contribution < 1.29 is 28.3 Å². The Morgan fingerprint density at radius 2 is 1.80 bits per heavy atom. The monoisotopic (exact) mass is 485 g/mol. The van der Waals surface area contributed by atoms with E-state index in [-0.39, 0.29) is 44.0 Å². The van der Waals surface area contributed by atoms with Crippen LogP contribution in [0.4, 0.5) is 0 Å². The number of hydrogen-bond acceptors (Lipinski definition) is 6. The number of likely N-dealkylation sites (N-methyl/N-ethyl adjacent to an activating group) is 1. The molecule has 3 amide bonds. The Morgan fingerprint density at radius 1 is 1.11 bits per heavy atom. The third-order valence-corrected chi connectivity index (χ3v) is 6.18. The molecule has 1 unspecified atom stereocenters. The summed E-state index contributed by atoms with van der Waals surface area (Å²) in [6.45, 7) is 9.15. The molecule has 9 nitrogen and oxygen atoms in total. The molecule has 0 spiro atoms. The fourth-order valence-corrected chi connectivity index (χ4v) is 4.21. The Labute approximate surface area is 206 Å². The summed E-state index contributed by atoms with van der Waals surface area (Å²) in [5.41, 5.74) is 1.36. The van der Waals surface area contributed by atoms with Gasteiger partial charge in [0.05, 0.1) is 18.8 Å². The number of aryl methyl sites for hydroxylation is 2. The van der Waals surface area contributed by atoms with E-state index in [0.717, 1.165) is 11.3 Å². The minimum Gasteiger partial charge on any atom is -0.497 e. The normalized spacial score (nSPS) is 16.3. The molecule has 0 radical (unpaired) electrons. The molecule has 1 aliphatic rings. The Kier molecular flexibility index (Phi) is 8.92. The van der Waals surface area contributed by atoms with E-state index in [9.17, 15) is 14.4 Å². The third-order valence-electron chi connectivity index (χ3n) is 6.18. The number of rotatable bonds is 9. The summed E-state index contributed by atoms with van der Waals surface area (Å²) in [5, 5.41) is 0. The number of nitrogens with zero attached hydrogens (tertiary/aromatic N) is 3. The molecule has 2 aromatic rings. The molecule has 9 heteroatoms. The van der Waals surface area contributed by atoms with Crippen molar-refractivity contribution in [1.29, 1.82) is 0 Å². The second-order valence-electron chi connectivity index (χ2n) is 8.63. The number of amides is 3.